The molecule has 1 fully saturated rings. The summed E-state index contributed by atoms with van der Waals surface area (Å²) in [5.74, 6) is 1.23. The van der Waals surface area contributed by atoms with Crippen LogP contribution in [0.1, 0.15) is 19.8 Å². The van der Waals surface area contributed by atoms with Gasteiger partial charge in [0.05, 0.1) is 0 Å². The highest BCUT2D eigenvalue weighted by Gasteiger charge is 2.26. The molecule has 2 unspecified atom stereocenters. The number of amides is 1. The maximum Gasteiger partial charge on any atom is 0.222 e. The lowest BCUT2D eigenvalue weighted by Crippen LogP contribution is -2.31. The van der Waals surface area contributed by atoms with E-state index in [4.69, 9.17) is 4.74 Å². The Balaban J connectivity index is 2.27. The van der Waals surface area contributed by atoms with Gasteiger partial charge in [-0.15, -0.1) is 0 Å². The summed E-state index contributed by atoms with van der Waals surface area (Å²) in [4.78, 5) is 13.9. The number of rotatable bonds is 6. The van der Waals surface area contributed by atoms with Crippen LogP contribution in [-0.4, -0.2) is 51.2 Å². The quantitative estimate of drug-likeness (QED) is 0.728. The zero-order chi connectivity index (χ0) is 12.0. The van der Waals surface area contributed by atoms with E-state index in [2.05, 4.69) is 12.2 Å². The van der Waals surface area contributed by atoms with Gasteiger partial charge >= 0.3 is 0 Å². The Morgan fingerprint density at radius 3 is 3.00 bits per heavy atom. The van der Waals surface area contributed by atoms with Crippen LogP contribution < -0.4 is 5.32 Å². The molecular formula is C12H24N2O2. The van der Waals surface area contributed by atoms with Gasteiger partial charge in [-0.25, -0.2) is 0 Å². The fourth-order valence-corrected chi connectivity index (χ4v) is 2.29. The Morgan fingerprint density at radius 1 is 1.62 bits per heavy atom. The average Bonchev–Trinajstić information content (AvgIpc) is 2.67. The van der Waals surface area contributed by atoms with Crippen LogP contribution in [0.3, 0.4) is 0 Å². The molecule has 0 bridgehead atoms. The second-order valence-electron chi connectivity index (χ2n) is 4.82. The molecule has 4 heteroatoms. The molecule has 0 saturated carbocycles. The Morgan fingerprint density at radius 2 is 2.38 bits per heavy atom. The van der Waals surface area contributed by atoms with Crippen molar-refractivity contribution in [2.75, 3.05) is 40.4 Å². The molecule has 1 N–H and O–H groups in total. The normalized spacial score (nSPS) is 22.4. The molecule has 0 radical (unpaired) electrons. The number of ether oxygens (including phenoxy) is 1. The van der Waals surface area contributed by atoms with Crippen LogP contribution in [0.5, 0.6) is 0 Å². The Hall–Kier alpha value is -0.610. The second-order valence-corrected chi connectivity index (χ2v) is 4.82. The van der Waals surface area contributed by atoms with E-state index >= 15 is 0 Å². The summed E-state index contributed by atoms with van der Waals surface area (Å²) >= 11 is 0. The molecule has 0 aromatic carbocycles. The summed E-state index contributed by atoms with van der Waals surface area (Å²) in [6.45, 7) is 5.57. The zero-order valence-electron chi connectivity index (χ0n) is 10.7. The van der Waals surface area contributed by atoms with Crippen LogP contribution in [-0.2, 0) is 9.53 Å². The monoisotopic (exact) mass is 228 g/mol. The number of hydrogen-bond donors (Lipinski definition) is 1. The van der Waals surface area contributed by atoms with Gasteiger partial charge in [-0.2, -0.15) is 0 Å². The molecule has 1 aliphatic heterocycles. The zero-order valence-corrected chi connectivity index (χ0v) is 10.7. The minimum Gasteiger partial charge on any atom is -0.384 e. The minimum atomic E-state index is 0.281. The van der Waals surface area contributed by atoms with E-state index in [1.54, 1.807) is 7.11 Å². The van der Waals surface area contributed by atoms with Crippen molar-refractivity contribution >= 4 is 5.91 Å². The standard InChI is InChI=1S/C12H24N2O2/c1-10(9-16-3)6-12(15)14-5-4-11(8-14)7-13-2/h10-11,13H,4-9H2,1-3H3. The summed E-state index contributed by atoms with van der Waals surface area (Å²) in [6.07, 6.45) is 1.74. The summed E-state index contributed by atoms with van der Waals surface area (Å²) in [7, 11) is 3.64. The number of nitrogens with one attached hydrogen (secondary N) is 1. The maximum atomic E-state index is 11.9. The number of carbonyl (C=O) groups excluding carboxylic acids is 1. The summed E-state index contributed by atoms with van der Waals surface area (Å²) in [5.41, 5.74) is 0. The predicted octanol–water partition coefficient (Wildman–Crippen LogP) is 0.727. The van der Waals surface area contributed by atoms with Crippen LogP contribution in [0.4, 0.5) is 0 Å². The van der Waals surface area contributed by atoms with E-state index in [9.17, 15) is 4.79 Å². The van der Waals surface area contributed by atoms with Crippen LogP contribution in [0.2, 0.25) is 0 Å². The molecule has 1 amide bonds. The van der Waals surface area contributed by atoms with Crippen molar-refractivity contribution in [1.82, 2.24) is 10.2 Å². The van der Waals surface area contributed by atoms with Gasteiger partial charge in [-0.05, 0) is 31.8 Å². The Kier molecular flexibility index (Phi) is 5.77. The van der Waals surface area contributed by atoms with E-state index in [1.807, 2.05) is 11.9 Å². The Labute approximate surface area is 98.3 Å². The first-order valence-electron chi connectivity index (χ1n) is 6.08. The molecule has 1 rings (SSSR count). The van der Waals surface area contributed by atoms with Crippen molar-refractivity contribution in [2.24, 2.45) is 11.8 Å². The van der Waals surface area contributed by atoms with E-state index < -0.39 is 0 Å². The molecule has 0 aliphatic carbocycles. The molecule has 1 heterocycles. The summed E-state index contributed by atoms with van der Waals surface area (Å²) in [6, 6.07) is 0. The molecule has 4 nitrogen and oxygen atoms in total. The fraction of sp³-hybridized carbons (Fsp3) is 0.917. The highest BCUT2D eigenvalue weighted by atomic mass is 16.5. The number of hydrogen-bond acceptors (Lipinski definition) is 3. The van der Waals surface area contributed by atoms with Crippen molar-refractivity contribution in [2.45, 2.75) is 19.8 Å². The van der Waals surface area contributed by atoms with Gasteiger partial charge in [0.15, 0.2) is 0 Å². The molecule has 0 aromatic heterocycles. The highest BCUT2D eigenvalue weighted by Crippen LogP contribution is 2.17. The molecule has 1 saturated heterocycles. The highest BCUT2D eigenvalue weighted by molar-refractivity contribution is 5.76. The van der Waals surface area contributed by atoms with E-state index in [-0.39, 0.29) is 5.91 Å². The van der Waals surface area contributed by atoms with E-state index in [0.29, 0.717) is 24.9 Å². The van der Waals surface area contributed by atoms with Crippen molar-refractivity contribution in [3.05, 3.63) is 0 Å². The maximum absolute atomic E-state index is 11.9. The fourth-order valence-electron chi connectivity index (χ4n) is 2.29. The van der Waals surface area contributed by atoms with Crippen LogP contribution in [0.25, 0.3) is 0 Å². The first-order valence-corrected chi connectivity index (χ1v) is 6.08. The van der Waals surface area contributed by atoms with Gasteiger partial charge in [-0.1, -0.05) is 6.92 Å². The number of likely N-dealkylation sites (tertiary alicyclic amines) is 1. The Bertz CT molecular complexity index is 221. The topological polar surface area (TPSA) is 41.6 Å². The van der Waals surface area contributed by atoms with E-state index in [1.165, 1.54) is 0 Å². The second kappa shape index (κ2) is 6.86. The lowest BCUT2D eigenvalue weighted by molar-refractivity contribution is -0.131. The third kappa shape index (κ3) is 4.10. The van der Waals surface area contributed by atoms with Crippen molar-refractivity contribution < 1.29 is 9.53 Å². The number of methoxy groups -OCH3 is 1. The van der Waals surface area contributed by atoms with Crippen LogP contribution in [0, 0.1) is 11.8 Å². The molecule has 1 aliphatic rings. The third-order valence-electron chi connectivity index (χ3n) is 3.11. The van der Waals surface area contributed by atoms with Crippen molar-refractivity contribution in [3.8, 4) is 0 Å². The first-order chi connectivity index (χ1) is 7.67. The molecule has 16 heavy (non-hydrogen) atoms. The van der Waals surface area contributed by atoms with Gasteiger partial charge in [0, 0.05) is 33.2 Å². The lowest BCUT2D eigenvalue weighted by Gasteiger charge is -2.18. The van der Waals surface area contributed by atoms with Crippen molar-refractivity contribution in [3.63, 3.8) is 0 Å². The summed E-state index contributed by atoms with van der Waals surface area (Å²) in [5, 5.41) is 3.17. The number of carbonyl (C=O) groups is 1. The predicted molar refractivity (Wildman–Crippen MR) is 64.3 cm³/mol. The van der Waals surface area contributed by atoms with Crippen LogP contribution in [0.15, 0.2) is 0 Å². The first kappa shape index (κ1) is 13.5. The average molecular weight is 228 g/mol. The van der Waals surface area contributed by atoms with Gasteiger partial charge < -0.3 is 15.0 Å². The third-order valence-corrected chi connectivity index (χ3v) is 3.11. The van der Waals surface area contributed by atoms with Gasteiger partial charge in [-0.3, -0.25) is 4.79 Å². The largest absolute Gasteiger partial charge is 0.384 e. The minimum absolute atomic E-state index is 0.281. The molecule has 0 aromatic rings. The lowest BCUT2D eigenvalue weighted by atomic mass is 10.1. The number of nitrogens with zero attached hydrogens (tertiary/aromatic N) is 1. The SMILES string of the molecule is CNCC1CCN(C(=O)CC(C)COC)C1. The molecule has 94 valence electrons. The van der Waals surface area contributed by atoms with Gasteiger partial charge in [0.2, 0.25) is 5.91 Å². The summed E-state index contributed by atoms with van der Waals surface area (Å²) < 4.78 is 5.05. The molecule has 0 spiro atoms. The van der Waals surface area contributed by atoms with E-state index in [0.717, 1.165) is 26.1 Å². The van der Waals surface area contributed by atoms with Crippen molar-refractivity contribution in [1.29, 1.82) is 0 Å². The smallest absolute Gasteiger partial charge is 0.222 e. The molecule has 2 atom stereocenters. The van der Waals surface area contributed by atoms with Gasteiger partial charge in [0.1, 0.15) is 0 Å². The van der Waals surface area contributed by atoms with Gasteiger partial charge in [0.25, 0.3) is 0 Å². The molecular weight excluding hydrogens is 204 g/mol. The van der Waals surface area contributed by atoms with Crippen LogP contribution >= 0.6 is 0 Å².